The van der Waals surface area contributed by atoms with Gasteiger partial charge in [0, 0.05) is 69.8 Å². The number of nitrogens with zero attached hydrogens (tertiary/aromatic N) is 7. The summed E-state index contributed by atoms with van der Waals surface area (Å²) in [5, 5.41) is 13.9. The molecule has 0 aromatic carbocycles. The third kappa shape index (κ3) is 5.74. The van der Waals surface area contributed by atoms with Crippen LogP contribution < -0.4 is 10.3 Å². The summed E-state index contributed by atoms with van der Waals surface area (Å²) in [4.78, 5) is 55.4. The zero-order valence-electron chi connectivity index (χ0n) is 21.3. The maximum Gasteiger partial charge on any atom is 0.316 e. The number of hydrazone groups is 1. The molecule has 196 valence electrons. The normalized spacial score (nSPS) is 22.7. The molecule has 12 heteroatoms. The maximum atomic E-state index is 13.2. The van der Waals surface area contributed by atoms with Crippen LogP contribution in [0.15, 0.2) is 41.9 Å². The SMILES string of the molecule is CC(=O)NN=C(C)C1(C(=O)O)CCN(CC(=O)N2CCN(c3ccc(-c4ncccn4)cn3)CC2C)C1. The molecule has 2 N–H and O–H groups in total. The zero-order valence-corrected chi connectivity index (χ0v) is 21.3. The van der Waals surface area contributed by atoms with Crippen LogP contribution in [0.4, 0.5) is 5.82 Å². The Morgan fingerprint density at radius 2 is 1.89 bits per heavy atom. The number of likely N-dealkylation sites (tertiary alicyclic amines) is 1. The van der Waals surface area contributed by atoms with Crippen molar-refractivity contribution >= 4 is 29.3 Å². The van der Waals surface area contributed by atoms with E-state index in [9.17, 15) is 19.5 Å². The smallest absolute Gasteiger partial charge is 0.316 e. The molecule has 2 fully saturated rings. The predicted octanol–water partition coefficient (Wildman–Crippen LogP) is 0.864. The van der Waals surface area contributed by atoms with Gasteiger partial charge in [-0.05, 0) is 38.5 Å². The van der Waals surface area contributed by atoms with Gasteiger partial charge in [0.05, 0.1) is 12.3 Å². The summed E-state index contributed by atoms with van der Waals surface area (Å²) in [7, 11) is 0. The first-order valence-corrected chi connectivity index (χ1v) is 12.2. The molecule has 2 aromatic heterocycles. The molecular formula is C25H32N8O4. The molecule has 0 bridgehead atoms. The van der Waals surface area contributed by atoms with Gasteiger partial charge in [-0.1, -0.05) is 0 Å². The lowest BCUT2D eigenvalue weighted by molar-refractivity contribution is -0.144. The second-order valence-electron chi connectivity index (χ2n) is 9.57. The number of carbonyl (C=O) groups is 3. The number of anilines is 1. The Hall–Kier alpha value is -3.93. The molecule has 2 unspecified atom stereocenters. The molecule has 0 spiro atoms. The van der Waals surface area contributed by atoms with E-state index in [0.29, 0.717) is 44.1 Å². The molecule has 0 radical (unpaired) electrons. The topological polar surface area (TPSA) is 144 Å². The number of hydrogen-bond acceptors (Lipinski definition) is 9. The van der Waals surface area contributed by atoms with Crippen molar-refractivity contribution in [3.63, 3.8) is 0 Å². The number of rotatable bonds is 7. The Labute approximate surface area is 215 Å². The van der Waals surface area contributed by atoms with E-state index in [1.54, 1.807) is 31.6 Å². The van der Waals surface area contributed by atoms with Crippen molar-refractivity contribution in [3.8, 4) is 11.4 Å². The summed E-state index contributed by atoms with van der Waals surface area (Å²) in [6.45, 7) is 7.52. The molecule has 37 heavy (non-hydrogen) atoms. The lowest BCUT2D eigenvalue weighted by Gasteiger charge is -2.41. The average Bonchev–Trinajstić information content (AvgIpc) is 3.33. The zero-order chi connectivity index (χ0) is 26.6. The molecule has 0 saturated carbocycles. The lowest BCUT2D eigenvalue weighted by Crippen LogP contribution is -2.56. The molecule has 2 aromatic rings. The minimum atomic E-state index is -1.23. The lowest BCUT2D eigenvalue weighted by atomic mass is 9.82. The monoisotopic (exact) mass is 508 g/mol. The molecule has 2 amide bonds. The van der Waals surface area contributed by atoms with Gasteiger partial charge in [-0.3, -0.25) is 19.3 Å². The summed E-state index contributed by atoms with van der Waals surface area (Å²) >= 11 is 0. The highest BCUT2D eigenvalue weighted by molar-refractivity contribution is 6.06. The molecule has 0 aliphatic carbocycles. The predicted molar refractivity (Wildman–Crippen MR) is 137 cm³/mol. The number of piperazine rings is 1. The van der Waals surface area contributed by atoms with Gasteiger partial charge in [0.25, 0.3) is 0 Å². The molecule has 12 nitrogen and oxygen atoms in total. The van der Waals surface area contributed by atoms with Gasteiger partial charge in [0.1, 0.15) is 11.2 Å². The molecular weight excluding hydrogens is 476 g/mol. The quantitative estimate of drug-likeness (QED) is 0.411. The Morgan fingerprint density at radius 3 is 2.51 bits per heavy atom. The number of nitrogens with one attached hydrogen (secondary N) is 1. The maximum absolute atomic E-state index is 13.2. The molecule has 2 atom stereocenters. The standard InChI is InChI=1S/C25H32N8O4/c1-17-14-32(21-6-5-20(13-28-21)23-26-8-4-9-27-23)11-12-33(17)22(35)15-31-10-7-25(16-31,24(36)37)18(2)29-30-19(3)34/h4-6,8-9,13,17H,7,10-12,14-16H2,1-3H3,(H,30,34)(H,36,37). The number of amides is 2. The van der Waals surface area contributed by atoms with Crippen molar-refractivity contribution in [3.05, 3.63) is 36.8 Å². The fraction of sp³-hybridized carbons (Fsp3) is 0.480. The highest BCUT2D eigenvalue weighted by atomic mass is 16.4. The van der Waals surface area contributed by atoms with Crippen molar-refractivity contribution in [2.45, 2.75) is 33.2 Å². The number of carboxylic acids is 1. The van der Waals surface area contributed by atoms with Crippen LogP contribution in [0.3, 0.4) is 0 Å². The van der Waals surface area contributed by atoms with E-state index in [4.69, 9.17) is 0 Å². The summed E-state index contributed by atoms with van der Waals surface area (Å²) in [5.74, 6) is 0.0474. The van der Waals surface area contributed by atoms with Crippen LogP contribution in [0.1, 0.15) is 27.2 Å². The number of aliphatic carboxylic acids is 1. The molecule has 2 saturated heterocycles. The number of aromatic nitrogens is 3. The van der Waals surface area contributed by atoms with Gasteiger partial charge >= 0.3 is 5.97 Å². The van der Waals surface area contributed by atoms with E-state index in [1.807, 2.05) is 28.9 Å². The van der Waals surface area contributed by atoms with E-state index in [2.05, 4.69) is 30.4 Å². The molecule has 4 heterocycles. The number of carboxylic acid groups (broad SMARTS) is 1. The van der Waals surface area contributed by atoms with Crippen molar-refractivity contribution in [1.82, 2.24) is 30.2 Å². The summed E-state index contributed by atoms with van der Waals surface area (Å²) in [5.41, 5.74) is 2.26. The van der Waals surface area contributed by atoms with Crippen LogP contribution in [0.2, 0.25) is 0 Å². The Morgan fingerprint density at radius 1 is 1.14 bits per heavy atom. The van der Waals surface area contributed by atoms with Gasteiger partial charge < -0.3 is 14.9 Å². The van der Waals surface area contributed by atoms with Crippen molar-refractivity contribution in [2.24, 2.45) is 10.5 Å². The van der Waals surface area contributed by atoms with Gasteiger partial charge in [0.2, 0.25) is 11.8 Å². The average molecular weight is 509 g/mol. The summed E-state index contributed by atoms with van der Waals surface area (Å²) in [6, 6.07) is 5.62. The summed E-state index contributed by atoms with van der Waals surface area (Å²) in [6.07, 6.45) is 5.47. The van der Waals surface area contributed by atoms with E-state index in [1.165, 1.54) is 6.92 Å². The summed E-state index contributed by atoms with van der Waals surface area (Å²) < 4.78 is 0. The molecule has 4 rings (SSSR count). The van der Waals surface area contributed by atoms with Crippen LogP contribution in [0.25, 0.3) is 11.4 Å². The number of hydrogen-bond donors (Lipinski definition) is 2. The van der Waals surface area contributed by atoms with Gasteiger partial charge in [0.15, 0.2) is 5.82 Å². The van der Waals surface area contributed by atoms with E-state index in [0.717, 1.165) is 11.4 Å². The van der Waals surface area contributed by atoms with Crippen LogP contribution in [-0.2, 0) is 14.4 Å². The first-order chi connectivity index (χ1) is 17.7. The van der Waals surface area contributed by atoms with Crippen LogP contribution >= 0.6 is 0 Å². The van der Waals surface area contributed by atoms with Crippen LogP contribution in [0, 0.1) is 5.41 Å². The fourth-order valence-electron chi connectivity index (χ4n) is 4.89. The highest BCUT2D eigenvalue weighted by Crippen LogP contribution is 2.33. The second-order valence-corrected chi connectivity index (χ2v) is 9.57. The van der Waals surface area contributed by atoms with E-state index >= 15 is 0 Å². The minimum absolute atomic E-state index is 0.0323. The van der Waals surface area contributed by atoms with Gasteiger partial charge in [-0.25, -0.2) is 20.4 Å². The fourth-order valence-corrected chi connectivity index (χ4v) is 4.89. The first-order valence-electron chi connectivity index (χ1n) is 12.2. The minimum Gasteiger partial charge on any atom is -0.481 e. The van der Waals surface area contributed by atoms with Gasteiger partial charge in [-0.15, -0.1) is 0 Å². The Balaban J connectivity index is 1.34. The second kappa shape index (κ2) is 11.0. The van der Waals surface area contributed by atoms with Crippen molar-refractivity contribution in [2.75, 3.05) is 44.2 Å². The number of carbonyl (C=O) groups excluding carboxylic acids is 2. The van der Waals surface area contributed by atoms with E-state index < -0.39 is 11.4 Å². The van der Waals surface area contributed by atoms with Crippen LogP contribution in [0.5, 0.6) is 0 Å². The third-order valence-corrected chi connectivity index (χ3v) is 7.03. The van der Waals surface area contributed by atoms with Gasteiger partial charge in [-0.2, -0.15) is 5.10 Å². The van der Waals surface area contributed by atoms with Crippen LogP contribution in [-0.4, -0.2) is 98.7 Å². The molecule has 2 aliphatic heterocycles. The Kier molecular flexibility index (Phi) is 7.77. The first kappa shape index (κ1) is 26.1. The number of pyridine rings is 1. The van der Waals surface area contributed by atoms with E-state index in [-0.39, 0.29) is 30.9 Å². The third-order valence-electron chi connectivity index (χ3n) is 7.03. The van der Waals surface area contributed by atoms with Crippen molar-refractivity contribution in [1.29, 1.82) is 0 Å². The largest absolute Gasteiger partial charge is 0.481 e. The highest BCUT2D eigenvalue weighted by Gasteiger charge is 2.48. The van der Waals surface area contributed by atoms with Crippen molar-refractivity contribution < 1.29 is 19.5 Å². The molecule has 2 aliphatic rings. The Bertz CT molecular complexity index is 1170.